The van der Waals surface area contributed by atoms with Crippen LogP contribution in [0.5, 0.6) is 0 Å². The Morgan fingerprint density at radius 1 is 1.26 bits per heavy atom. The highest BCUT2D eigenvalue weighted by atomic mass is 79.9. The van der Waals surface area contributed by atoms with Crippen molar-refractivity contribution in [1.29, 1.82) is 0 Å². The number of anilines is 2. The number of nitrogens with two attached hydrogens (primary N) is 1. The Hall–Kier alpha value is -1.88. The van der Waals surface area contributed by atoms with Gasteiger partial charge < -0.3 is 11.1 Å². The first kappa shape index (κ1) is 13.5. The number of hydrogen-bond donors (Lipinski definition) is 2. The molecule has 3 nitrogen and oxygen atoms in total. The Kier molecular flexibility index (Phi) is 4.16. The molecule has 0 saturated carbocycles. The maximum Gasteiger partial charge on any atom is 0.228 e. The van der Waals surface area contributed by atoms with E-state index in [1.165, 1.54) is 6.07 Å². The van der Waals surface area contributed by atoms with Gasteiger partial charge in [0.25, 0.3) is 0 Å². The Morgan fingerprint density at radius 2 is 2.00 bits per heavy atom. The highest BCUT2D eigenvalue weighted by molar-refractivity contribution is 9.10. The van der Waals surface area contributed by atoms with Crippen LogP contribution in [0.3, 0.4) is 0 Å². The van der Waals surface area contributed by atoms with E-state index >= 15 is 0 Å². The summed E-state index contributed by atoms with van der Waals surface area (Å²) in [5.41, 5.74) is 7.10. The Balaban J connectivity index is 2.08. The van der Waals surface area contributed by atoms with Gasteiger partial charge in [-0.25, -0.2) is 4.39 Å². The molecule has 2 rings (SSSR count). The van der Waals surface area contributed by atoms with Crippen LogP contribution >= 0.6 is 15.9 Å². The smallest absolute Gasteiger partial charge is 0.228 e. The summed E-state index contributed by atoms with van der Waals surface area (Å²) in [5.74, 6) is -0.694. The van der Waals surface area contributed by atoms with E-state index in [9.17, 15) is 9.18 Å². The van der Waals surface area contributed by atoms with Crippen LogP contribution in [0.4, 0.5) is 15.8 Å². The van der Waals surface area contributed by atoms with E-state index in [0.717, 1.165) is 4.47 Å². The van der Waals surface area contributed by atoms with Gasteiger partial charge in [-0.15, -0.1) is 0 Å². The van der Waals surface area contributed by atoms with Crippen molar-refractivity contribution in [3.63, 3.8) is 0 Å². The monoisotopic (exact) mass is 322 g/mol. The van der Waals surface area contributed by atoms with Gasteiger partial charge in [-0.2, -0.15) is 0 Å². The number of carbonyl (C=O) groups is 1. The van der Waals surface area contributed by atoms with E-state index in [1.807, 2.05) is 0 Å². The summed E-state index contributed by atoms with van der Waals surface area (Å²) in [6, 6.07) is 11.4. The van der Waals surface area contributed by atoms with E-state index < -0.39 is 0 Å². The maximum absolute atomic E-state index is 13.4. The van der Waals surface area contributed by atoms with Crippen LogP contribution in [0.1, 0.15) is 5.56 Å². The number of amides is 1. The number of nitrogen functional groups attached to an aromatic ring is 1. The first-order valence-electron chi connectivity index (χ1n) is 5.64. The average molecular weight is 323 g/mol. The predicted octanol–water partition coefficient (Wildman–Crippen LogP) is 3.35. The summed E-state index contributed by atoms with van der Waals surface area (Å²) in [5, 5.41) is 2.66. The van der Waals surface area contributed by atoms with E-state index in [-0.39, 0.29) is 18.1 Å². The largest absolute Gasteiger partial charge is 0.397 e. The van der Waals surface area contributed by atoms with Crippen molar-refractivity contribution in [3.8, 4) is 0 Å². The lowest BCUT2D eigenvalue weighted by Gasteiger charge is -2.09. The number of hydrogen-bond acceptors (Lipinski definition) is 2. The van der Waals surface area contributed by atoms with Gasteiger partial charge in [0.2, 0.25) is 5.91 Å². The number of nitrogens with one attached hydrogen (secondary N) is 1. The van der Waals surface area contributed by atoms with Gasteiger partial charge in [-0.05, 0) is 29.8 Å². The molecule has 0 aliphatic rings. The molecule has 0 aromatic heterocycles. The minimum absolute atomic E-state index is 0.0256. The molecule has 0 heterocycles. The molecular formula is C14H12BrFN2O. The Bertz CT molecular complexity index is 616. The summed E-state index contributed by atoms with van der Waals surface area (Å²) in [6.45, 7) is 0. The van der Waals surface area contributed by atoms with Gasteiger partial charge >= 0.3 is 0 Å². The molecule has 2 aromatic rings. The molecule has 1 amide bonds. The van der Waals surface area contributed by atoms with E-state index in [1.54, 1.807) is 36.4 Å². The highest BCUT2D eigenvalue weighted by Gasteiger charge is 2.09. The summed E-state index contributed by atoms with van der Waals surface area (Å²) in [6.07, 6.45) is -0.0256. The van der Waals surface area contributed by atoms with Crippen LogP contribution in [0, 0.1) is 5.82 Å². The normalized spacial score (nSPS) is 10.2. The second kappa shape index (κ2) is 5.84. The summed E-state index contributed by atoms with van der Waals surface area (Å²) in [4.78, 5) is 11.8. The van der Waals surface area contributed by atoms with Crippen molar-refractivity contribution in [2.75, 3.05) is 11.1 Å². The van der Waals surface area contributed by atoms with Crippen LogP contribution in [0.15, 0.2) is 46.9 Å². The van der Waals surface area contributed by atoms with Crippen LogP contribution < -0.4 is 11.1 Å². The molecule has 0 spiro atoms. The van der Waals surface area contributed by atoms with Crippen LogP contribution in [0.2, 0.25) is 0 Å². The Morgan fingerprint density at radius 3 is 2.68 bits per heavy atom. The quantitative estimate of drug-likeness (QED) is 0.851. The fraction of sp³-hybridized carbons (Fsp3) is 0.0714. The van der Waals surface area contributed by atoms with E-state index in [4.69, 9.17) is 5.73 Å². The highest BCUT2D eigenvalue weighted by Crippen LogP contribution is 2.23. The first-order chi connectivity index (χ1) is 9.06. The van der Waals surface area contributed by atoms with Gasteiger partial charge in [0.15, 0.2) is 0 Å². The third kappa shape index (κ3) is 3.54. The SMILES string of the molecule is Nc1cc(Br)ccc1NC(=O)Cc1ccccc1F. The third-order valence-corrected chi connectivity index (χ3v) is 3.09. The summed E-state index contributed by atoms with van der Waals surface area (Å²) < 4.78 is 14.2. The number of halogens is 2. The van der Waals surface area contributed by atoms with Crippen molar-refractivity contribution in [2.45, 2.75) is 6.42 Å². The average Bonchev–Trinajstić information content (AvgIpc) is 2.36. The van der Waals surface area contributed by atoms with E-state index in [2.05, 4.69) is 21.2 Å². The molecule has 0 aliphatic carbocycles. The molecule has 0 radical (unpaired) electrons. The van der Waals surface area contributed by atoms with Gasteiger partial charge in [0, 0.05) is 4.47 Å². The van der Waals surface area contributed by atoms with Gasteiger partial charge in [-0.1, -0.05) is 34.1 Å². The number of carbonyl (C=O) groups excluding carboxylic acids is 1. The maximum atomic E-state index is 13.4. The second-order valence-corrected chi connectivity index (χ2v) is 4.96. The van der Waals surface area contributed by atoms with Gasteiger partial charge in [-0.3, -0.25) is 4.79 Å². The summed E-state index contributed by atoms with van der Waals surface area (Å²) >= 11 is 3.28. The zero-order chi connectivity index (χ0) is 13.8. The first-order valence-corrected chi connectivity index (χ1v) is 6.44. The van der Waals surface area contributed by atoms with Gasteiger partial charge in [0.1, 0.15) is 5.82 Å². The Labute approximate surface area is 118 Å². The zero-order valence-electron chi connectivity index (χ0n) is 9.99. The summed E-state index contributed by atoms with van der Waals surface area (Å²) in [7, 11) is 0. The standard InChI is InChI=1S/C14H12BrFN2O/c15-10-5-6-13(12(17)8-10)18-14(19)7-9-3-1-2-4-11(9)16/h1-6,8H,7,17H2,(H,18,19). The molecule has 19 heavy (non-hydrogen) atoms. The lowest BCUT2D eigenvalue weighted by Crippen LogP contribution is -2.16. The molecule has 5 heteroatoms. The predicted molar refractivity (Wildman–Crippen MR) is 77.3 cm³/mol. The lowest BCUT2D eigenvalue weighted by atomic mass is 10.1. The third-order valence-electron chi connectivity index (χ3n) is 2.60. The van der Waals surface area contributed by atoms with Crippen LogP contribution in [-0.2, 0) is 11.2 Å². The molecule has 3 N–H and O–H groups in total. The van der Waals surface area contributed by atoms with Crippen molar-refractivity contribution >= 4 is 33.2 Å². The van der Waals surface area contributed by atoms with Crippen molar-refractivity contribution in [2.24, 2.45) is 0 Å². The molecular weight excluding hydrogens is 311 g/mol. The fourth-order valence-corrected chi connectivity index (χ4v) is 2.04. The topological polar surface area (TPSA) is 55.1 Å². The molecule has 0 saturated heterocycles. The number of benzene rings is 2. The molecule has 0 atom stereocenters. The molecule has 0 unspecified atom stereocenters. The van der Waals surface area contributed by atoms with Crippen LogP contribution in [-0.4, -0.2) is 5.91 Å². The minimum atomic E-state index is -0.388. The van der Waals surface area contributed by atoms with Crippen LogP contribution in [0.25, 0.3) is 0 Å². The molecule has 0 fully saturated rings. The number of rotatable bonds is 3. The van der Waals surface area contributed by atoms with E-state index in [0.29, 0.717) is 16.9 Å². The van der Waals surface area contributed by atoms with Crippen molar-refractivity contribution < 1.29 is 9.18 Å². The minimum Gasteiger partial charge on any atom is -0.397 e. The van der Waals surface area contributed by atoms with Crippen molar-refractivity contribution in [1.82, 2.24) is 0 Å². The second-order valence-electron chi connectivity index (χ2n) is 4.05. The molecule has 0 bridgehead atoms. The molecule has 98 valence electrons. The van der Waals surface area contributed by atoms with Crippen molar-refractivity contribution in [3.05, 3.63) is 58.3 Å². The lowest BCUT2D eigenvalue weighted by molar-refractivity contribution is -0.115. The van der Waals surface area contributed by atoms with Gasteiger partial charge in [0.05, 0.1) is 17.8 Å². The zero-order valence-corrected chi connectivity index (χ0v) is 11.6. The molecule has 0 aliphatic heterocycles. The molecule has 2 aromatic carbocycles. The fourth-order valence-electron chi connectivity index (χ4n) is 1.66.